The van der Waals surface area contributed by atoms with E-state index in [1.807, 2.05) is 6.08 Å². The maximum Gasteiger partial charge on any atom is 0.0366 e. The van der Waals surface area contributed by atoms with Crippen molar-refractivity contribution >= 4 is 5.69 Å². The number of hydrogen-bond donors (Lipinski definition) is 0. The molecule has 0 unspecified atom stereocenters. The van der Waals surface area contributed by atoms with Crippen molar-refractivity contribution in [3.63, 3.8) is 0 Å². The standard InChI is InChI=1S/C14H19N/c1-2-3-6-13-7-9-14(10-8-13)15-11-4-5-12-15/h2,7-10H,1,3-6,11-12H2. The summed E-state index contributed by atoms with van der Waals surface area (Å²) in [7, 11) is 0. The molecule has 2 rings (SSSR count). The van der Waals surface area contributed by atoms with Gasteiger partial charge in [-0.3, -0.25) is 0 Å². The molecule has 1 aliphatic rings. The molecule has 1 heteroatoms. The van der Waals surface area contributed by atoms with Gasteiger partial charge in [0.05, 0.1) is 0 Å². The molecule has 0 radical (unpaired) electrons. The van der Waals surface area contributed by atoms with Crippen LogP contribution in [0.15, 0.2) is 36.9 Å². The van der Waals surface area contributed by atoms with E-state index in [2.05, 4.69) is 35.7 Å². The second kappa shape index (κ2) is 5.01. The van der Waals surface area contributed by atoms with Gasteiger partial charge in [0.25, 0.3) is 0 Å². The molecule has 0 spiro atoms. The van der Waals surface area contributed by atoms with Crippen molar-refractivity contribution in [1.82, 2.24) is 0 Å². The lowest BCUT2D eigenvalue weighted by Crippen LogP contribution is -2.17. The van der Waals surface area contributed by atoms with E-state index in [1.54, 1.807) is 0 Å². The zero-order valence-corrected chi connectivity index (χ0v) is 9.28. The Balaban J connectivity index is 1.99. The van der Waals surface area contributed by atoms with Crippen molar-refractivity contribution < 1.29 is 0 Å². The molecule has 1 fully saturated rings. The number of rotatable bonds is 4. The molecule has 1 aromatic carbocycles. The second-order valence-corrected chi connectivity index (χ2v) is 4.19. The maximum atomic E-state index is 3.75. The third-order valence-electron chi connectivity index (χ3n) is 3.04. The van der Waals surface area contributed by atoms with Crippen LogP contribution >= 0.6 is 0 Å². The average molecular weight is 201 g/mol. The number of benzene rings is 1. The molecule has 1 aliphatic heterocycles. The molecule has 0 aromatic heterocycles. The summed E-state index contributed by atoms with van der Waals surface area (Å²) in [6, 6.07) is 9.00. The fourth-order valence-corrected chi connectivity index (χ4v) is 2.12. The van der Waals surface area contributed by atoms with Crippen LogP contribution in [0.5, 0.6) is 0 Å². The number of aryl methyl sites for hydroxylation is 1. The van der Waals surface area contributed by atoms with Gasteiger partial charge in [0.15, 0.2) is 0 Å². The molecular weight excluding hydrogens is 182 g/mol. The summed E-state index contributed by atoms with van der Waals surface area (Å²) >= 11 is 0. The van der Waals surface area contributed by atoms with Crippen molar-refractivity contribution in [2.24, 2.45) is 0 Å². The molecule has 1 nitrogen and oxygen atoms in total. The molecular formula is C14H19N. The van der Waals surface area contributed by atoms with Crippen molar-refractivity contribution in [2.75, 3.05) is 18.0 Å². The Morgan fingerprint density at radius 2 is 1.80 bits per heavy atom. The molecule has 0 atom stereocenters. The topological polar surface area (TPSA) is 3.24 Å². The predicted octanol–water partition coefficient (Wildman–Crippen LogP) is 3.41. The molecule has 1 saturated heterocycles. The molecule has 15 heavy (non-hydrogen) atoms. The SMILES string of the molecule is C=CCCc1ccc(N2CCCC2)cc1. The fourth-order valence-electron chi connectivity index (χ4n) is 2.12. The second-order valence-electron chi connectivity index (χ2n) is 4.19. The quantitative estimate of drug-likeness (QED) is 0.675. The fraction of sp³-hybridized carbons (Fsp3) is 0.429. The van der Waals surface area contributed by atoms with Gasteiger partial charge in [-0.05, 0) is 43.4 Å². The molecule has 0 bridgehead atoms. The van der Waals surface area contributed by atoms with E-state index >= 15 is 0 Å². The highest BCUT2D eigenvalue weighted by molar-refractivity contribution is 5.48. The molecule has 1 aromatic rings. The van der Waals surface area contributed by atoms with Gasteiger partial charge in [0, 0.05) is 18.8 Å². The zero-order valence-electron chi connectivity index (χ0n) is 9.28. The van der Waals surface area contributed by atoms with Gasteiger partial charge in [-0.1, -0.05) is 18.2 Å². The maximum absolute atomic E-state index is 3.75. The Labute approximate surface area is 92.4 Å². The first-order chi connectivity index (χ1) is 7.40. The van der Waals surface area contributed by atoms with E-state index in [9.17, 15) is 0 Å². The van der Waals surface area contributed by atoms with Gasteiger partial charge in [0.2, 0.25) is 0 Å². The minimum atomic E-state index is 1.07. The third-order valence-corrected chi connectivity index (χ3v) is 3.04. The van der Waals surface area contributed by atoms with E-state index in [4.69, 9.17) is 0 Å². The summed E-state index contributed by atoms with van der Waals surface area (Å²) in [5.41, 5.74) is 2.80. The Bertz CT molecular complexity index is 307. The van der Waals surface area contributed by atoms with Gasteiger partial charge in [-0.25, -0.2) is 0 Å². The van der Waals surface area contributed by atoms with Crippen LogP contribution in [0.4, 0.5) is 5.69 Å². The van der Waals surface area contributed by atoms with E-state index in [1.165, 1.54) is 37.2 Å². The minimum absolute atomic E-state index is 1.07. The van der Waals surface area contributed by atoms with Gasteiger partial charge in [-0.15, -0.1) is 6.58 Å². The first kappa shape index (κ1) is 10.3. The van der Waals surface area contributed by atoms with Crippen LogP contribution in [0.25, 0.3) is 0 Å². The van der Waals surface area contributed by atoms with E-state index in [0.29, 0.717) is 0 Å². The Morgan fingerprint density at radius 1 is 1.13 bits per heavy atom. The highest BCUT2D eigenvalue weighted by Gasteiger charge is 2.11. The Kier molecular flexibility index (Phi) is 3.44. The van der Waals surface area contributed by atoms with Crippen LogP contribution in [0.2, 0.25) is 0 Å². The smallest absolute Gasteiger partial charge is 0.0366 e. The lowest BCUT2D eigenvalue weighted by atomic mass is 10.1. The number of anilines is 1. The van der Waals surface area contributed by atoms with E-state index in [0.717, 1.165) is 12.8 Å². The molecule has 80 valence electrons. The average Bonchev–Trinajstić information content (AvgIpc) is 2.80. The highest BCUT2D eigenvalue weighted by Crippen LogP contribution is 2.20. The summed E-state index contributed by atoms with van der Waals surface area (Å²) in [5.74, 6) is 0. The van der Waals surface area contributed by atoms with Crippen LogP contribution in [0.3, 0.4) is 0 Å². The van der Waals surface area contributed by atoms with Crippen LogP contribution in [-0.2, 0) is 6.42 Å². The Hall–Kier alpha value is -1.24. The largest absolute Gasteiger partial charge is 0.372 e. The van der Waals surface area contributed by atoms with Gasteiger partial charge < -0.3 is 4.90 Å². The van der Waals surface area contributed by atoms with E-state index in [-0.39, 0.29) is 0 Å². The summed E-state index contributed by atoms with van der Waals surface area (Å²) in [4.78, 5) is 2.47. The van der Waals surface area contributed by atoms with Gasteiger partial charge in [-0.2, -0.15) is 0 Å². The molecule has 0 aliphatic carbocycles. The predicted molar refractivity (Wildman–Crippen MR) is 66.4 cm³/mol. The summed E-state index contributed by atoms with van der Waals surface area (Å²) in [5, 5.41) is 0. The van der Waals surface area contributed by atoms with E-state index < -0.39 is 0 Å². The van der Waals surface area contributed by atoms with Crippen LogP contribution in [0, 0.1) is 0 Å². The lowest BCUT2D eigenvalue weighted by Gasteiger charge is -2.17. The summed E-state index contributed by atoms with van der Waals surface area (Å²) in [6.45, 7) is 6.20. The highest BCUT2D eigenvalue weighted by atomic mass is 15.1. The first-order valence-electron chi connectivity index (χ1n) is 5.85. The van der Waals surface area contributed by atoms with Crippen LogP contribution in [-0.4, -0.2) is 13.1 Å². The lowest BCUT2D eigenvalue weighted by molar-refractivity contribution is 0.949. The third kappa shape index (κ3) is 2.62. The first-order valence-corrected chi connectivity index (χ1v) is 5.85. The molecule has 0 saturated carbocycles. The summed E-state index contributed by atoms with van der Waals surface area (Å²) in [6.07, 6.45) is 6.86. The summed E-state index contributed by atoms with van der Waals surface area (Å²) < 4.78 is 0. The molecule has 1 heterocycles. The normalized spacial score (nSPS) is 15.6. The van der Waals surface area contributed by atoms with Gasteiger partial charge >= 0.3 is 0 Å². The number of allylic oxidation sites excluding steroid dienone is 1. The molecule has 0 N–H and O–H groups in total. The zero-order chi connectivity index (χ0) is 10.5. The number of hydrogen-bond acceptors (Lipinski definition) is 1. The van der Waals surface area contributed by atoms with Crippen molar-refractivity contribution in [3.05, 3.63) is 42.5 Å². The van der Waals surface area contributed by atoms with Crippen LogP contribution in [0.1, 0.15) is 24.8 Å². The van der Waals surface area contributed by atoms with Crippen molar-refractivity contribution in [1.29, 1.82) is 0 Å². The Morgan fingerprint density at radius 3 is 2.40 bits per heavy atom. The van der Waals surface area contributed by atoms with Crippen molar-refractivity contribution in [3.8, 4) is 0 Å². The van der Waals surface area contributed by atoms with Crippen molar-refractivity contribution in [2.45, 2.75) is 25.7 Å². The molecule has 0 amide bonds. The number of nitrogens with zero attached hydrogens (tertiary/aromatic N) is 1. The van der Waals surface area contributed by atoms with Crippen LogP contribution < -0.4 is 4.90 Å². The van der Waals surface area contributed by atoms with Gasteiger partial charge in [0.1, 0.15) is 0 Å². The minimum Gasteiger partial charge on any atom is -0.372 e. The monoisotopic (exact) mass is 201 g/mol.